The topological polar surface area (TPSA) is 33.1 Å². The first kappa shape index (κ1) is 11.7. The van der Waals surface area contributed by atoms with Crippen molar-refractivity contribution < 1.29 is 13.2 Å². The van der Waals surface area contributed by atoms with E-state index in [1.54, 1.807) is 0 Å². The quantitative estimate of drug-likeness (QED) is 0.747. The highest BCUT2D eigenvalue weighted by molar-refractivity contribution is 7.71. The fraction of sp³-hybridized carbons (Fsp3) is 0.455. The van der Waals surface area contributed by atoms with Crippen LogP contribution in [0.15, 0.2) is 6.07 Å². The van der Waals surface area contributed by atoms with Gasteiger partial charge in [-0.05, 0) is 25.7 Å². The minimum atomic E-state index is -4.41. The highest BCUT2D eigenvalue weighted by atomic mass is 32.1. The number of fused-ring (bicyclic) bond motifs is 2. The first-order valence-corrected chi connectivity index (χ1v) is 6.08. The van der Waals surface area contributed by atoms with Gasteiger partial charge < -0.3 is 0 Å². The molecule has 7 heteroatoms. The van der Waals surface area contributed by atoms with Crippen molar-refractivity contribution in [3.05, 3.63) is 27.7 Å². The Morgan fingerprint density at radius 3 is 2.72 bits per heavy atom. The van der Waals surface area contributed by atoms with Crippen molar-refractivity contribution in [3.8, 4) is 0 Å². The van der Waals surface area contributed by atoms with Gasteiger partial charge in [0.1, 0.15) is 10.3 Å². The highest BCUT2D eigenvalue weighted by Crippen LogP contribution is 2.29. The van der Waals surface area contributed by atoms with E-state index in [0.717, 1.165) is 43.0 Å². The third-order valence-corrected chi connectivity index (χ3v) is 3.62. The Labute approximate surface area is 106 Å². The summed E-state index contributed by atoms with van der Waals surface area (Å²) in [5.41, 5.74) is 1.18. The van der Waals surface area contributed by atoms with Gasteiger partial charge in [-0.3, -0.25) is 5.10 Å². The molecule has 2 aromatic heterocycles. The molecule has 0 aromatic carbocycles. The molecule has 1 aliphatic rings. The third kappa shape index (κ3) is 1.73. The number of rotatable bonds is 0. The van der Waals surface area contributed by atoms with Crippen LogP contribution in [-0.4, -0.2) is 14.6 Å². The Hall–Kier alpha value is -1.37. The third-order valence-electron chi connectivity index (χ3n) is 3.19. The number of nitrogens with one attached hydrogen (secondary N) is 1. The molecule has 0 aliphatic heterocycles. The molecular weight excluding hydrogens is 263 g/mol. The zero-order valence-electron chi connectivity index (χ0n) is 9.34. The summed E-state index contributed by atoms with van der Waals surface area (Å²) >= 11 is 5.24. The average molecular weight is 273 g/mol. The molecule has 96 valence electrons. The van der Waals surface area contributed by atoms with Crippen LogP contribution in [-0.2, 0) is 19.0 Å². The second-order valence-corrected chi connectivity index (χ2v) is 4.80. The normalized spacial score (nSPS) is 15.9. The molecule has 0 saturated carbocycles. The van der Waals surface area contributed by atoms with Crippen molar-refractivity contribution in [1.82, 2.24) is 14.6 Å². The molecule has 0 unspecified atom stereocenters. The summed E-state index contributed by atoms with van der Waals surface area (Å²) in [4.78, 5) is 4.28. The summed E-state index contributed by atoms with van der Waals surface area (Å²) in [6, 6.07) is 1.00. The Morgan fingerprint density at radius 1 is 1.28 bits per heavy atom. The molecule has 0 fully saturated rings. The van der Waals surface area contributed by atoms with Crippen LogP contribution in [0.1, 0.15) is 29.8 Å². The Morgan fingerprint density at radius 2 is 2.00 bits per heavy atom. The smallest absolute Gasteiger partial charge is 0.287 e. The van der Waals surface area contributed by atoms with Gasteiger partial charge in [0.25, 0.3) is 0 Å². The number of nitrogens with zero attached hydrogens (tertiary/aromatic N) is 2. The average Bonchev–Trinajstić information content (AvgIpc) is 2.73. The van der Waals surface area contributed by atoms with Gasteiger partial charge in [-0.1, -0.05) is 12.2 Å². The zero-order chi connectivity index (χ0) is 12.9. The lowest BCUT2D eigenvalue weighted by Crippen LogP contribution is -2.10. The standard InChI is InChI=1S/C11H10F3N3S/c12-11(13,14)8-5-9-15-7-4-2-1-3-6(7)10(18)17(9)16-8/h5,16H,1-4H2. The molecular formula is C11H10F3N3S. The Kier molecular flexibility index (Phi) is 2.48. The van der Waals surface area contributed by atoms with E-state index in [4.69, 9.17) is 12.2 Å². The number of alkyl halides is 3. The van der Waals surface area contributed by atoms with Crippen molar-refractivity contribution in [2.45, 2.75) is 31.9 Å². The Balaban J connectivity index is 2.28. The SMILES string of the molecule is FC(F)(F)c1cc2nc3c(c(=S)n2[nH]1)CCCC3. The van der Waals surface area contributed by atoms with E-state index in [-0.39, 0.29) is 5.65 Å². The summed E-state index contributed by atoms with van der Waals surface area (Å²) in [5.74, 6) is 0. The van der Waals surface area contributed by atoms with Gasteiger partial charge in [-0.2, -0.15) is 13.2 Å². The molecule has 1 N–H and O–H groups in total. The first-order chi connectivity index (χ1) is 8.47. The molecule has 0 saturated heterocycles. The minimum Gasteiger partial charge on any atom is -0.287 e. The van der Waals surface area contributed by atoms with E-state index in [0.29, 0.717) is 4.64 Å². The number of hydrogen-bond donors (Lipinski definition) is 1. The minimum absolute atomic E-state index is 0.243. The highest BCUT2D eigenvalue weighted by Gasteiger charge is 2.33. The predicted octanol–water partition coefficient (Wildman–Crippen LogP) is 3.29. The second kappa shape index (κ2) is 3.81. The summed E-state index contributed by atoms with van der Waals surface area (Å²) in [6.45, 7) is 0. The van der Waals surface area contributed by atoms with Crippen molar-refractivity contribution in [2.24, 2.45) is 0 Å². The maximum Gasteiger partial charge on any atom is 0.432 e. The van der Waals surface area contributed by atoms with Gasteiger partial charge in [0.05, 0.1) is 0 Å². The molecule has 0 amide bonds. The molecule has 1 aliphatic carbocycles. The van der Waals surface area contributed by atoms with E-state index in [2.05, 4.69) is 10.1 Å². The maximum absolute atomic E-state index is 12.6. The monoisotopic (exact) mass is 273 g/mol. The number of H-pyrrole nitrogens is 1. The number of halogens is 3. The zero-order valence-corrected chi connectivity index (χ0v) is 10.2. The number of aryl methyl sites for hydroxylation is 1. The number of hydrogen-bond acceptors (Lipinski definition) is 2. The predicted molar refractivity (Wildman–Crippen MR) is 62.0 cm³/mol. The molecule has 0 bridgehead atoms. The number of aromatic amines is 1. The molecule has 2 heterocycles. The van der Waals surface area contributed by atoms with Crippen LogP contribution in [0.2, 0.25) is 0 Å². The largest absolute Gasteiger partial charge is 0.432 e. The summed E-state index contributed by atoms with van der Waals surface area (Å²) in [6.07, 6.45) is -0.790. The van der Waals surface area contributed by atoms with E-state index >= 15 is 0 Å². The summed E-state index contributed by atoms with van der Waals surface area (Å²) in [7, 11) is 0. The van der Waals surface area contributed by atoms with Crippen molar-refractivity contribution in [3.63, 3.8) is 0 Å². The molecule has 18 heavy (non-hydrogen) atoms. The van der Waals surface area contributed by atoms with Crippen LogP contribution in [0, 0.1) is 4.64 Å². The van der Waals surface area contributed by atoms with Gasteiger partial charge >= 0.3 is 6.18 Å². The maximum atomic E-state index is 12.6. The van der Waals surface area contributed by atoms with E-state index in [1.807, 2.05) is 0 Å². The Bertz CT molecular complexity index is 668. The first-order valence-electron chi connectivity index (χ1n) is 5.67. The lowest BCUT2D eigenvalue weighted by atomic mass is 9.97. The van der Waals surface area contributed by atoms with Gasteiger partial charge in [0.15, 0.2) is 5.65 Å². The van der Waals surface area contributed by atoms with Crippen LogP contribution in [0.3, 0.4) is 0 Å². The fourth-order valence-electron chi connectivity index (χ4n) is 2.30. The van der Waals surface area contributed by atoms with Crippen molar-refractivity contribution >= 4 is 17.9 Å². The molecule has 0 spiro atoms. The molecule has 0 radical (unpaired) electrons. The summed E-state index contributed by atoms with van der Waals surface area (Å²) in [5, 5.41) is 2.28. The molecule has 3 rings (SSSR count). The van der Waals surface area contributed by atoms with Crippen LogP contribution >= 0.6 is 12.2 Å². The van der Waals surface area contributed by atoms with E-state index < -0.39 is 11.9 Å². The second-order valence-electron chi connectivity index (χ2n) is 4.41. The van der Waals surface area contributed by atoms with Crippen LogP contribution in [0.5, 0.6) is 0 Å². The fourth-order valence-corrected chi connectivity index (χ4v) is 2.66. The van der Waals surface area contributed by atoms with Crippen LogP contribution < -0.4 is 0 Å². The van der Waals surface area contributed by atoms with Gasteiger partial charge in [-0.25, -0.2) is 9.50 Å². The van der Waals surface area contributed by atoms with Crippen molar-refractivity contribution in [2.75, 3.05) is 0 Å². The number of aromatic nitrogens is 3. The van der Waals surface area contributed by atoms with Crippen molar-refractivity contribution in [1.29, 1.82) is 0 Å². The lowest BCUT2D eigenvalue weighted by Gasteiger charge is -2.14. The van der Waals surface area contributed by atoms with Crippen LogP contribution in [0.4, 0.5) is 13.2 Å². The molecule has 2 aromatic rings. The summed E-state index contributed by atoms with van der Waals surface area (Å²) < 4.78 is 39.6. The van der Waals surface area contributed by atoms with Crippen LogP contribution in [0.25, 0.3) is 5.65 Å². The van der Waals surface area contributed by atoms with Gasteiger partial charge in [-0.15, -0.1) is 0 Å². The van der Waals surface area contributed by atoms with Gasteiger partial charge in [0, 0.05) is 17.3 Å². The molecule has 3 nitrogen and oxygen atoms in total. The van der Waals surface area contributed by atoms with E-state index in [1.165, 1.54) is 4.52 Å². The van der Waals surface area contributed by atoms with Gasteiger partial charge in [0.2, 0.25) is 0 Å². The lowest BCUT2D eigenvalue weighted by molar-refractivity contribution is -0.141. The van der Waals surface area contributed by atoms with E-state index in [9.17, 15) is 13.2 Å². The molecule has 0 atom stereocenters.